The number of pyridine rings is 2. The minimum absolute atomic E-state index is 0.862. The molecule has 9 aromatic rings. The fourth-order valence-corrected chi connectivity index (χ4v) is 6.36. The van der Waals surface area contributed by atoms with Crippen molar-refractivity contribution in [3.63, 3.8) is 0 Å². The van der Waals surface area contributed by atoms with Crippen molar-refractivity contribution in [2.24, 2.45) is 0 Å². The second-order valence-corrected chi connectivity index (χ2v) is 11.9. The van der Waals surface area contributed by atoms with Crippen molar-refractivity contribution in [2.75, 3.05) is 0 Å². The van der Waals surface area contributed by atoms with Gasteiger partial charge in [0.2, 0.25) is 0 Å². The summed E-state index contributed by atoms with van der Waals surface area (Å²) in [7, 11) is 0. The average molecular weight is 613 g/mol. The summed E-state index contributed by atoms with van der Waals surface area (Å²) >= 11 is 0. The normalized spacial score (nSPS) is 11.3. The highest BCUT2D eigenvalue weighted by molar-refractivity contribution is 6.04. The molecule has 0 saturated carbocycles. The van der Waals surface area contributed by atoms with Crippen molar-refractivity contribution in [3.05, 3.63) is 170 Å². The zero-order valence-electron chi connectivity index (χ0n) is 26.0. The van der Waals surface area contributed by atoms with Gasteiger partial charge in [-0.15, -0.1) is 0 Å². The Labute approximate surface area is 278 Å². The molecule has 0 amide bonds. The molecule has 9 rings (SSSR count). The van der Waals surface area contributed by atoms with Gasteiger partial charge >= 0.3 is 0 Å². The van der Waals surface area contributed by atoms with E-state index in [1.54, 1.807) is 0 Å². The molecule has 0 aliphatic carbocycles. The molecule has 3 heterocycles. The Morgan fingerprint density at radius 2 is 0.688 bits per heavy atom. The first-order valence-electron chi connectivity index (χ1n) is 16.1. The molecule has 0 radical (unpaired) electrons. The number of aromatic nitrogens is 4. The summed E-state index contributed by atoms with van der Waals surface area (Å²) in [4.78, 5) is 20.5. The minimum Gasteiger partial charge on any atom is -0.245 e. The van der Waals surface area contributed by atoms with E-state index < -0.39 is 0 Å². The molecule has 0 saturated heterocycles. The Hall–Kier alpha value is -6.52. The van der Waals surface area contributed by atoms with Gasteiger partial charge in [0.25, 0.3) is 0 Å². The molecule has 224 valence electrons. The van der Waals surface area contributed by atoms with E-state index in [1.165, 1.54) is 0 Å². The first-order valence-corrected chi connectivity index (χ1v) is 16.1. The lowest BCUT2D eigenvalue weighted by molar-refractivity contribution is 1.29. The Kier molecular flexibility index (Phi) is 6.76. The van der Waals surface area contributed by atoms with Gasteiger partial charge in [-0.25, -0.2) is 19.9 Å². The van der Waals surface area contributed by atoms with E-state index in [9.17, 15) is 0 Å². The van der Waals surface area contributed by atoms with Crippen LogP contribution in [0.1, 0.15) is 0 Å². The second-order valence-electron chi connectivity index (χ2n) is 11.9. The highest BCUT2D eigenvalue weighted by atomic mass is 14.8. The van der Waals surface area contributed by atoms with Gasteiger partial charge in [-0.05, 0) is 35.4 Å². The Balaban J connectivity index is 1.09. The summed E-state index contributed by atoms with van der Waals surface area (Å²) in [5.74, 6) is 0. The maximum absolute atomic E-state index is 5.17. The van der Waals surface area contributed by atoms with Crippen molar-refractivity contribution in [2.45, 2.75) is 0 Å². The lowest BCUT2D eigenvalue weighted by Gasteiger charge is -2.12. The topological polar surface area (TPSA) is 51.6 Å². The molecule has 0 spiro atoms. The van der Waals surface area contributed by atoms with Gasteiger partial charge in [0.15, 0.2) is 0 Å². The van der Waals surface area contributed by atoms with Crippen LogP contribution >= 0.6 is 0 Å². The Morgan fingerprint density at radius 3 is 1.23 bits per heavy atom. The fraction of sp³-hybridized carbons (Fsp3) is 0. The van der Waals surface area contributed by atoms with Crippen molar-refractivity contribution in [1.82, 2.24) is 19.9 Å². The standard InChI is InChI=1S/C44H28N4/c1-4-10-30(11-5-1)37-25-22-34-20-21-35-23-26-38(46-44(35)43(34)45-37)31-18-16-29(17-19-31)36-24-27-39-40(28-36)48-42(33-14-8-3-9-15-33)41(47-39)32-12-6-2-7-13-32/h1-28H. The average Bonchev–Trinajstić information content (AvgIpc) is 3.18. The Morgan fingerprint density at radius 1 is 0.271 bits per heavy atom. The maximum Gasteiger partial charge on any atom is 0.0973 e. The number of fused-ring (bicyclic) bond motifs is 4. The van der Waals surface area contributed by atoms with Gasteiger partial charge in [-0.2, -0.15) is 0 Å². The summed E-state index contributed by atoms with van der Waals surface area (Å²) < 4.78 is 0. The van der Waals surface area contributed by atoms with E-state index in [-0.39, 0.29) is 0 Å². The van der Waals surface area contributed by atoms with Crippen molar-refractivity contribution in [3.8, 4) is 56.2 Å². The molecule has 0 atom stereocenters. The number of hydrogen-bond donors (Lipinski definition) is 0. The van der Waals surface area contributed by atoms with Crippen LogP contribution in [0.25, 0.3) is 89.0 Å². The van der Waals surface area contributed by atoms with E-state index in [1.807, 2.05) is 54.6 Å². The van der Waals surface area contributed by atoms with Gasteiger partial charge in [-0.1, -0.05) is 146 Å². The second kappa shape index (κ2) is 11.7. The number of rotatable bonds is 5. The van der Waals surface area contributed by atoms with E-state index in [0.717, 1.165) is 89.0 Å². The first-order chi connectivity index (χ1) is 23.8. The van der Waals surface area contributed by atoms with Crippen LogP contribution in [0.4, 0.5) is 0 Å². The van der Waals surface area contributed by atoms with E-state index >= 15 is 0 Å². The molecular formula is C44H28N4. The molecule has 0 N–H and O–H groups in total. The zero-order chi connectivity index (χ0) is 31.9. The first kappa shape index (κ1) is 27.8. The summed E-state index contributed by atoms with van der Waals surface area (Å²) in [5.41, 5.74) is 13.6. The molecule has 3 aromatic heterocycles. The summed E-state index contributed by atoms with van der Waals surface area (Å²) in [6.45, 7) is 0. The monoisotopic (exact) mass is 612 g/mol. The van der Waals surface area contributed by atoms with Crippen LogP contribution in [0.15, 0.2) is 170 Å². The SMILES string of the molecule is c1ccc(-c2ccc3ccc4ccc(-c5ccc(-c6ccc7nc(-c8ccccc8)c(-c8ccccc8)nc7c6)cc5)nc4c3n2)cc1. The van der Waals surface area contributed by atoms with Gasteiger partial charge < -0.3 is 0 Å². The molecule has 0 aliphatic heterocycles. The smallest absolute Gasteiger partial charge is 0.0973 e. The molecule has 4 nitrogen and oxygen atoms in total. The van der Waals surface area contributed by atoms with Crippen LogP contribution in [-0.4, -0.2) is 19.9 Å². The van der Waals surface area contributed by atoms with Crippen molar-refractivity contribution in [1.29, 1.82) is 0 Å². The molecule has 0 bridgehead atoms. The van der Waals surface area contributed by atoms with Gasteiger partial charge in [-0.3, -0.25) is 0 Å². The number of hydrogen-bond acceptors (Lipinski definition) is 4. The highest BCUT2D eigenvalue weighted by Gasteiger charge is 2.14. The van der Waals surface area contributed by atoms with Crippen LogP contribution in [0.2, 0.25) is 0 Å². The van der Waals surface area contributed by atoms with Gasteiger partial charge in [0.1, 0.15) is 0 Å². The largest absolute Gasteiger partial charge is 0.245 e. The fourth-order valence-electron chi connectivity index (χ4n) is 6.36. The lowest BCUT2D eigenvalue weighted by Crippen LogP contribution is -1.95. The van der Waals surface area contributed by atoms with Crippen molar-refractivity contribution < 1.29 is 0 Å². The molecule has 0 unspecified atom stereocenters. The van der Waals surface area contributed by atoms with Gasteiger partial charge in [0.05, 0.1) is 44.8 Å². The van der Waals surface area contributed by atoms with Crippen LogP contribution in [-0.2, 0) is 0 Å². The summed E-state index contributed by atoms with van der Waals surface area (Å²) in [5, 5.41) is 2.15. The van der Waals surface area contributed by atoms with Crippen LogP contribution in [0, 0.1) is 0 Å². The summed E-state index contributed by atoms with van der Waals surface area (Å²) in [6.07, 6.45) is 0. The van der Waals surface area contributed by atoms with E-state index in [2.05, 4.69) is 115 Å². The van der Waals surface area contributed by atoms with Crippen LogP contribution < -0.4 is 0 Å². The molecule has 0 aliphatic rings. The van der Waals surface area contributed by atoms with Crippen LogP contribution in [0.3, 0.4) is 0 Å². The molecule has 0 fully saturated rings. The molecule has 6 aromatic carbocycles. The predicted molar refractivity (Wildman–Crippen MR) is 197 cm³/mol. The number of nitrogens with zero attached hydrogens (tertiary/aromatic N) is 4. The van der Waals surface area contributed by atoms with Crippen molar-refractivity contribution >= 4 is 32.8 Å². The molecular weight excluding hydrogens is 585 g/mol. The lowest BCUT2D eigenvalue weighted by atomic mass is 10.0. The predicted octanol–water partition coefficient (Wildman–Crippen LogP) is 11.1. The third-order valence-corrected chi connectivity index (χ3v) is 8.86. The molecule has 4 heteroatoms. The molecule has 48 heavy (non-hydrogen) atoms. The number of benzene rings is 6. The minimum atomic E-state index is 0.862. The summed E-state index contributed by atoms with van der Waals surface area (Å²) in [6, 6.07) is 58.4. The third kappa shape index (κ3) is 5.06. The van der Waals surface area contributed by atoms with Gasteiger partial charge in [0, 0.05) is 33.0 Å². The van der Waals surface area contributed by atoms with Crippen LogP contribution in [0.5, 0.6) is 0 Å². The van der Waals surface area contributed by atoms with E-state index in [0.29, 0.717) is 0 Å². The quantitative estimate of drug-likeness (QED) is 0.181. The maximum atomic E-state index is 5.17. The highest BCUT2D eigenvalue weighted by Crippen LogP contribution is 2.34. The Bertz CT molecular complexity index is 2580. The van der Waals surface area contributed by atoms with E-state index in [4.69, 9.17) is 19.9 Å². The zero-order valence-corrected chi connectivity index (χ0v) is 26.0. The third-order valence-electron chi connectivity index (χ3n) is 8.86.